The molecule has 0 atom stereocenters. The van der Waals surface area contributed by atoms with Gasteiger partial charge in [-0.3, -0.25) is 22.9 Å². The summed E-state index contributed by atoms with van der Waals surface area (Å²) in [6.07, 6.45) is 1.89. The van der Waals surface area contributed by atoms with Crippen LogP contribution in [0.4, 0.5) is 0 Å². The van der Waals surface area contributed by atoms with Crippen molar-refractivity contribution >= 4 is 16.9 Å². The van der Waals surface area contributed by atoms with Crippen LogP contribution in [0.1, 0.15) is 23.7 Å². The molecule has 0 aliphatic rings. The predicted molar refractivity (Wildman–Crippen MR) is 112 cm³/mol. The highest BCUT2D eigenvalue weighted by Crippen LogP contribution is 2.22. The van der Waals surface area contributed by atoms with E-state index in [-0.39, 0.29) is 12.1 Å². The molecule has 0 saturated carbocycles. The largest absolute Gasteiger partial charge is 0.380 e. The molecule has 0 bridgehead atoms. The first-order valence-electron chi connectivity index (χ1n) is 9.70. The monoisotopic (exact) mass is 395 g/mol. The molecule has 0 N–H and O–H groups in total. The summed E-state index contributed by atoms with van der Waals surface area (Å²) < 4.78 is 11.8. The summed E-state index contributed by atoms with van der Waals surface area (Å²) in [6.45, 7) is 9.04. The normalized spacial score (nSPS) is 11.8. The molecular formula is C21H25N5O3. The lowest BCUT2D eigenvalue weighted by Crippen LogP contribution is -2.40. The lowest BCUT2D eigenvalue weighted by molar-refractivity contribution is 0.137. The van der Waals surface area contributed by atoms with Crippen molar-refractivity contribution in [1.82, 2.24) is 23.1 Å². The molecule has 0 unspecified atom stereocenters. The van der Waals surface area contributed by atoms with E-state index in [1.807, 2.05) is 30.7 Å². The minimum absolute atomic E-state index is 0.208. The molecule has 29 heavy (non-hydrogen) atoms. The molecule has 1 aromatic carbocycles. The van der Waals surface area contributed by atoms with Gasteiger partial charge in [0.05, 0.1) is 13.2 Å². The second-order valence-corrected chi connectivity index (χ2v) is 7.32. The number of hydrogen-bond acceptors (Lipinski definition) is 4. The summed E-state index contributed by atoms with van der Waals surface area (Å²) in [5.74, 6) is 0.607. The summed E-state index contributed by atoms with van der Waals surface area (Å²) in [7, 11) is 1.64. The van der Waals surface area contributed by atoms with E-state index in [0.29, 0.717) is 30.2 Å². The van der Waals surface area contributed by atoms with Crippen LogP contribution in [0.2, 0.25) is 0 Å². The molecule has 0 saturated heterocycles. The molecule has 4 rings (SSSR count). The molecule has 0 aliphatic heterocycles. The zero-order valence-electron chi connectivity index (χ0n) is 17.4. The van der Waals surface area contributed by atoms with Gasteiger partial charge in [0.15, 0.2) is 11.2 Å². The summed E-state index contributed by atoms with van der Waals surface area (Å²) in [5, 5.41) is 0. The fraction of sp³-hybridized carbons (Fsp3) is 0.381. The van der Waals surface area contributed by atoms with Gasteiger partial charge in [0.25, 0.3) is 5.56 Å². The zero-order valence-corrected chi connectivity index (χ0v) is 17.4. The van der Waals surface area contributed by atoms with Crippen molar-refractivity contribution in [2.45, 2.75) is 34.2 Å². The van der Waals surface area contributed by atoms with Crippen LogP contribution in [-0.2, 0) is 18.3 Å². The molecule has 8 nitrogen and oxygen atoms in total. The van der Waals surface area contributed by atoms with Crippen molar-refractivity contribution in [3.05, 3.63) is 62.1 Å². The highest BCUT2D eigenvalue weighted by Gasteiger charge is 2.20. The fourth-order valence-corrected chi connectivity index (χ4v) is 3.69. The van der Waals surface area contributed by atoms with Crippen LogP contribution >= 0.6 is 0 Å². The highest BCUT2D eigenvalue weighted by molar-refractivity contribution is 5.76. The van der Waals surface area contributed by atoms with E-state index in [2.05, 4.69) is 31.0 Å². The summed E-state index contributed by atoms with van der Waals surface area (Å²) in [4.78, 5) is 30.5. The summed E-state index contributed by atoms with van der Waals surface area (Å²) in [5.41, 5.74) is 4.33. The van der Waals surface area contributed by atoms with Crippen LogP contribution in [0, 0.1) is 20.8 Å². The van der Waals surface area contributed by atoms with E-state index in [1.165, 1.54) is 20.3 Å². The number of aryl methyl sites for hydroxylation is 4. The average Bonchev–Trinajstić information content (AvgIpc) is 3.20. The van der Waals surface area contributed by atoms with Gasteiger partial charge in [0, 0.05) is 31.2 Å². The van der Waals surface area contributed by atoms with E-state index in [9.17, 15) is 9.59 Å². The van der Waals surface area contributed by atoms with Crippen molar-refractivity contribution in [2.75, 3.05) is 13.2 Å². The summed E-state index contributed by atoms with van der Waals surface area (Å²) in [6, 6.07) is 6.20. The average molecular weight is 395 g/mol. The molecular weight excluding hydrogens is 370 g/mol. The lowest BCUT2D eigenvalue weighted by Gasteiger charge is -2.08. The van der Waals surface area contributed by atoms with Gasteiger partial charge in [0.1, 0.15) is 0 Å². The number of hydrogen-bond donors (Lipinski definition) is 0. The topological polar surface area (TPSA) is 75.5 Å². The van der Waals surface area contributed by atoms with Gasteiger partial charge in [0.2, 0.25) is 5.78 Å². The van der Waals surface area contributed by atoms with Gasteiger partial charge in [-0.05, 0) is 51.0 Å². The first kappa shape index (κ1) is 19.2. The fourth-order valence-electron chi connectivity index (χ4n) is 3.69. The third kappa shape index (κ3) is 2.91. The molecule has 152 valence electrons. The Kier molecular flexibility index (Phi) is 4.66. The number of ether oxygens (including phenoxy) is 1. The second kappa shape index (κ2) is 7.04. The van der Waals surface area contributed by atoms with E-state index >= 15 is 0 Å². The summed E-state index contributed by atoms with van der Waals surface area (Å²) >= 11 is 0. The molecule has 0 amide bonds. The van der Waals surface area contributed by atoms with Crippen molar-refractivity contribution in [3.63, 3.8) is 0 Å². The molecule has 3 heterocycles. The Morgan fingerprint density at radius 1 is 1.10 bits per heavy atom. The second-order valence-electron chi connectivity index (χ2n) is 7.32. The maximum atomic E-state index is 13.2. The predicted octanol–water partition coefficient (Wildman–Crippen LogP) is 2.10. The first-order chi connectivity index (χ1) is 13.8. The number of rotatable bonds is 5. The van der Waals surface area contributed by atoms with Gasteiger partial charge < -0.3 is 4.74 Å². The number of fused-ring (bicyclic) bond motifs is 3. The van der Waals surface area contributed by atoms with Gasteiger partial charge in [-0.25, -0.2) is 4.79 Å². The Balaban J connectivity index is 2.01. The maximum Gasteiger partial charge on any atom is 0.332 e. The Labute approximate surface area is 167 Å². The van der Waals surface area contributed by atoms with Crippen LogP contribution in [-0.4, -0.2) is 36.3 Å². The van der Waals surface area contributed by atoms with Crippen molar-refractivity contribution in [1.29, 1.82) is 0 Å². The Bertz CT molecular complexity index is 1350. The first-order valence-corrected chi connectivity index (χ1v) is 9.70. The number of aromatic nitrogens is 5. The van der Waals surface area contributed by atoms with Crippen LogP contribution in [0.15, 0.2) is 34.0 Å². The van der Waals surface area contributed by atoms with E-state index in [1.54, 1.807) is 11.4 Å². The van der Waals surface area contributed by atoms with Gasteiger partial charge in [-0.15, -0.1) is 0 Å². The zero-order chi connectivity index (χ0) is 20.9. The van der Waals surface area contributed by atoms with E-state index in [4.69, 9.17) is 4.74 Å². The van der Waals surface area contributed by atoms with Crippen molar-refractivity contribution in [3.8, 4) is 5.69 Å². The Morgan fingerprint density at radius 3 is 2.55 bits per heavy atom. The lowest BCUT2D eigenvalue weighted by atomic mass is 10.1. The molecule has 8 heteroatoms. The SMILES string of the molecule is CCOCCn1c(=O)c2c(nc3n(-c4ccc(C)c(C)c4)c(C)cn23)n(C)c1=O. The number of imidazole rings is 2. The van der Waals surface area contributed by atoms with Gasteiger partial charge >= 0.3 is 5.69 Å². The van der Waals surface area contributed by atoms with Crippen LogP contribution in [0.3, 0.4) is 0 Å². The van der Waals surface area contributed by atoms with Gasteiger partial charge in [-0.1, -0.05) is 6.07 Å². The molecule has 0 spiro atoms. The molecule has 0 radical (unpaired) electrons. The van der Waals surface area contributed by atoms with Crippen LogP contribution < -0.4 is 11.2 Å². The molecule has 0 fully saturated rings. The third-order valence-corrected chi connectivity index (χ3v) is 5.44. The molecule has 0 aliphatic carbocycles. The smallest absolute Gasteiger partial charge is 0.332 e. The van der Waals surface area contributed by atoms with Crippen LogP contribution in [0.25, 0.3) is 22.6 Å². The minimum atomic E-state index is -0.391. The Hall–Kier alpha value is -3.13. The number of nitrogens with zero attached hydrogens (tertiary/aromatic N) is 5. The van der Waals surface area contributed by atoms with Crippen molar-refractivity contribution in [2.24, 2.45) is 7.05 Å². The highest BCUT2D eigenvalue weighted by atomic mass is 16.5. The number of benzene rings is 1. The van der Waals surface area contributed by atoms with E-state index in [0.717, 1.165) is 11.4 Å². The quantitative estimate of drug-likeness (QED) is 0.485. The standard InChI is InChI=1S/C21H25N5O3/c1-6-29-10-9-24-19(27)17-18(23(5)21(24)28)22-20-25(17)12-15(4)26(20)16-8-7-13(2)14(3)11-16/h7-8,11-12H,6,9-10H2,1-5H3. The third-order valence-electron chi connectivity index (χ3n) is 5.44. The van der Waals surface area contributed by atoms with Crippen molar-refractivity contribution < 1.29 is 4.74 Å². The van der Waals surface area contributed by atoms with Crippen LogP contribution in [0.5, 0.6) is 0 Å². The molecule has 4 aromatic rings. The van der Waals surface area contributed by atoms with E-state index < -0.39 is 5.69 Å². The maximum absolute atomic E-state index is 13.2. The molecule has 3 aromatic heterocycles. The Morgan fingerprint density at radius 2 is 1.86 bits per heavy atom. The van der Waals surface area contributed by atoms with Gasteiger partial charge in [-0.2, -0.15) is 4.98 Å². The minimum Gasteiger partial charge on any atom is -0.380 e.